The zero-order valence-electron chi connectivity index (χ0n) is 11.8. The standard InChI is InChI=1S/C14H22N2O2S/c1-10(2)12-6-7-16(9-12)19(17,18)13-5-4-11(3)14(15)8-13/h4-5,8,10,12H,6-7,9,15H2,1-3H3. The van der Waals surface area contributed by atoms with Crippen LogP contribution in [0.2, 0.25) is 0 Å². The molecule has 2 rings (SSSR count). The van der Waals surface area contributed by atoms with Crippen LogP contribution in [0.1, 0.15) is 25.8 Å². The van der Waals surface area contributed by atoms with Crippen LogP contribution in [0.15, 0.2) is 23.1 Å². The summed E-state index contributed by atoms with van der Waals surface area (Å²) in [5, 5.41) is 0. The number of hydrogen-bond donors (Lipinski definition) is 1. The Hall–Kier alpha value is -1.07. The Balaban J connectivity index is 2.26. The molecule has 19 heavy (non-hydrogen) atoms. The summed E-state index contributed by atoms with van der Waals surface area (Å²) in [7, 11) is -3.39. The van der Waals surface area contributed by atoms with Gasteiger partial charge in [0.25, 0.3) is 0 Å². The first-order chi connectivity index (χ1) is 8.82. The van der Waals surface area contributed by atoms with E-state index in [1.54, 1.807) is 22.5 Å². The van der Waals surface area contributed by atoms with Gasteiger partial charge in [-0.15, -0.1) is 0 Å². The number of benzene rings is 1. The fraction of sp³-hybridized carbons (Fsp3) is 0.571. The molecule has 1 atom stereocenters. The van der Waals surface area contributed by atoms with E-state index in [1.807, 2.05) is 6.92 Å². The maximum absolute atomic E-state index is 12.5. The highest BCUT2D eigenvalue weighted by atomic mass is 32.2. The average Bonchev–Trinajstić information content (AvgIpc) is 2.82. The number of anilines is 1. The van der Waals surface area contributed by atoms with Crippen molar-refractivity contribution in [1.82, 2.24) is 4.31 Å². The third kappa shape index (κ3) is 2.77. The van der Waals surface area contributed by atoms with Crippen molar-refractivity contribution in [3.8, 4) is 0 Å². The van der Waals surface area contributed by atoms with E-state index >= 15 is 0 Å². The minimum atomic E-state index is -3.39. The van der Waals surface area contributed by atoms with Gasteiger partial charge in [-0.05, 0) is 42.9 Å². The molecule has 0 aromatic heterocycles. The molecule has 0 radical (unpaired) electrons. The predicted molar refractivity (Wildman–Crippen MR) is 77.3 cm³/mol. The van der Waals surface area contributed by atoms with E-state index < -0.39 is 10.0 Å². The summed E-state index contributed by atoms with van der Waals surface area (Å²) in [5.74, 6) is 0.973. The molecule has 1 fully saturated rings. The van der Waals surface area contributed by atoms with Gasteiger partial charge in [0.2, 0.25) is 10.0 Å². The van der Waals surface area contributed by atoms with Gasteiger partial charge in [0.1, 0.15) is 0 Å². The molecule has 5 heteroatoms. The molecule has 1 unspecified atom stereocenters. The summed E-state index contributed by atoms with van der Waals surface area (Å²) < 4.78 is 26.7. The molecule has 1 aromatic carbocycles. The highest BCUT2D eigenvalue weighted by Gasteiger charge is 2.33. The Morgan fingerprint density at radius 1 is 1.37 bits per heavy atom. The summed E-state index contributed by atoms with van der Waals surface area (Å²) in [5.41, 5.74) is 7.24. The van der Waals surface area contributed by atoms with E-state index in [0.717, 1.165) is 12.0 Å². The van der Waals surface area contributed by atoms with Crippen LogP contribution >= 0.6 is 0 Å². The number of hydrogen-bond acceptors (Lipinski definition) is 3. The van der Waals surface area contributed by atoms with Crippen molar-refractivity contribution in [2.75, 3.05) is 18.8 Å². The van der Waals surface area contributed by atoms with Crippen LogP contribution in [0.25, 0.3) is 0 Å². The molecule has 0 saturated carbocycles. The van der Waals surface area contributed by atoms with Gasteiger partial charge in [-0.1, -0.05) is 19.9 Å². The lowest BCUT2D eigenvalue weighted by molar-refractivity contribution is 0.388. The first-order valence-electron chi connectivity index (χ1n) is 6.68. The highest BCUT2D eigenvalue weighted by molar-refractivity contribution is 7.89. The number of rotatable bonds is 3. The topological polar surface area (TPSA) is 63.4 Å². The van der Waals surface area contributed by atoms with Gasteiger partial charge in [0.15, 0.2) is 0 Å². The second kappa shape index (κ2) is 5.13. The zero-order chi connectivity index (χ0) is 14.2. The molecule has 1 saturated heterocycles. The number of aryl methyl sites for hydroxylation is 1. The number of nitrogens with zero attached hydrogens (tertiary/aromatic N) is 1. The summed E-state index contributed by atoms with van der Waals surface area (Å²) in [6.45, 7) is 7.39. The molecule has 1 aliphatic heterocycles. The quantitative estimate of drug-likeness (QED) is 0.865. The van der Waals surface area contributed by atoms with Crippen molar-refractivity contribution >= 4 is 15.7 Å². The molecule has 0 spiro atoms. The van der Waals surface area contributed by atoms with Crippen LogP contribution in [0.3, 0.4) is 0 Å². The Morgan fingerprint density at radius 2 is 2.05 bits per heavy atom. The number of nitrogen functional groups attached to an aromatic ring is 1. The molecule has 2 N–H and O–H groups in total. The number of sulfonamides is 1. The van der Waals surface area contributed by atoms with E-state index in [4.69, 9.17) is 5.73 Å². The molecule has 0 bridgehead atoms. The summed E-state index contributed by atoms with van der Waals surface area (Å²) in [6, 6.07) is 4.97. The average molecular weight is 282 g/mol. The molecular formula is C14H22N2O2S. The molecular weight excluding hydrogens is 260 g/mol. The first-order valence-corrected chi connectivity index (χ1v) is 8.12. The van der Waals surface area contributed by atoms with Crippen molar-refractivity contribution in [2.24, 2.45) is 11.8 Å². The van der Waals surface area contributed by atoms with Crippen molar-refractivity contribution in [2.45, 2.75) is 32.1 Å². The monoisotopic (exact) mass is 282 g/mol. The Bertz CT molecular complexity index is 567. The van der Waals surface area contributed by atoms with E-state index in [2.05, 4.69) is 13.8 Å². The molecule has 1 aromatic rings. The molecule has 1 heterocycles. The predicted octanol–water partition coefficient (Wildman–Crippen LogP) is 2.24. The lowest BCUT2D eigenvalue weighted by atomic mass is 9.96. The van der Waals surface area contributed by atoms with Crippen LogP contribution in [-0.4, -0.2) is 25.8 Å². The molecule has 1 aliphatic rings. The molecule has 0 amide bonds. The van der Waals surface area contributed by atoms with Gasteiger partial charge < -0.3 is 5.73 Å². The third-order valence-electron chi connectivity index (χ3n) is 4.02. The smallest absolute Gasteiger partial charge is 0.243 e. The van der Waals surface area contributed by atoms with E-state index in [0.29, 0.717) is 35.5 Å². The molecule has 4 nitrogen and oxygen atoms in total. The van der Waals surface area contributed by atoms with Crippen LogP contribution in [0.5, 0.6) is 0 Å². The zero-order valence-corrected chi connectivity index (χ0v) is 12.6. The van der Waals surface area contributed by atoms with Crippen LogP contribution in [0, 0.1) is 18.8 Å². The van der Waals surface area contributed by atoms with Crippen molar-refractivity contribution in [1.29, 1.82) is 0 Å². The fourth-order valence-corrected chi connectivity index (χ4v) is 3.99. The summed E-state index contributed by atoms with van der Waals surface area (Å²) in [4.78, 5) is 0.306. The second-order valence-corrected chi connectivity index (χ2v) is 7.61. The maximum Gasteiger partial charge on any atom is 0.243 e. The van der Waals surface area contributed by atoms with Crippen LogP contribution in [0.4, 0.5) is 5.69 Å². The normalized spacial score (nSPS) is 21.2. The van der Waals surface area contributed by atoms with Crippen molar-refractivity contribution in [3.63, 3.8) is 0 Å². The van der Waals surface area contributed by atoms with E-state index in [1.165, 1.54) is 0 Å². The minimum absolute atomic E-state index is 0.306. The SMILES string of the molecule is Cc1ccc(S(=O)(=O)N2CCC(C(C)C)C2)cc1N. The van der Waals surface area contributed by atoms with Gasteiger partial charge in [-0.3, -0.25) is 0 Å². The first kappa shape index (κ1) is 14.3. The Kier molecular flexibility index (Phi) is 3.87. The minimum Gasteiger partial charge on any atom is -0.398 e. The Labute approximate surface area is 115 Å². The van der Waals surface area contributed by atoms with Crippen LogP contribution in [-0.2, 0) is 10.0 Å². The lowest BCUT2D eigenvalue weighted by Crippen LogP contribution is -2.29. The third-order valence-corrected chi connectivity index (χ3v) is 5.88. The van der Waals surface area contributed by atoms with Gasteiger partial charge >= 0.3 is 0 Å². The van der Waals surface area contributed by atoms with Crippen LogP contribution < -0.4 is 5.73 Å². The highest BCUT2D eigenvalue weighted by Crippen LogP contribution is 2.29. The summed E-state index contributed by atoms with van der Waals surface area (Å²) >= 11 is 0. The van der Waals surface area contributed by atoms with E-state index in [9.17, 15) is 8.42 Å². The van der Waals surface area contributed by atoms with Crippen molar-refractivity contribution < 1.29 is 8.42 Å². The second-order valence-electron chi connectivity index (χ2n) is 5.67. The maximum atomic E-state index is 12.5. The van der Waals surface area contributed by atoms with Gasteiger partial charge in [0.05, 0.1) is 4.90 Å². The van der Waals surface area contributed by atoms with E-state index in [-0.39, 0.29) is 0 Å². The van der Waals surface area contributed by atoms with Gasteiger partial charge in [-0.25, -0.2) is 8.42 Å². The summed E-state index contributed by atoms with van der Waals surface area (Å²) in [6.07, 6.45) is 0.943. The lowest BCUT2D eigenvalue weighted by Gasteiger charge is -2.18. The fourth-order valence-electron chi connectivity index (χ4n) is 2.44. The number of nitrogens with two attached hydrogens (primary N) is 1. The molecule has 0 aliphatic carbocycles. The Morgan fingerprint density at radius 3 is 2.58 bits per heavy atom. The van der Waals surface area contributed by atoms with Gasteiger partial charge in [-0.2, -0.15) is 4.31 Å². The molecule has 106 valence electrons. The largest absolute Gasteiger partial charge is 0.398 e. The van der Waals surface area contributed by atoms with Crippen molar-refractivity contribution in [3.05, 3.63) is 23.8 Å². The van der Waals surface area contributed by atoms with Gasteiger partial charge in [0, 0.05) is 18.8 Å².